The highest BCUT2D eigenvalue weighted by Gasteiger charge is 2.67. The number of amides is 4. The van der Waals surface area contributed by atoms with Gasteiger partial charge in [0.25, 0.3) is 0 Å². The maximum atomic E-state index is 14.7. The summed E-state index contributed by atoms with van der Waals surface area (Å²) in [5, 5.41) is 10.5. The normalized spacial score (nSPS) is 28.8. The molecule has 3 aliphatic heterocycles. The fourth-order valence-corrected chi connectivity index (χ4v) is 9.87. The molecule has 6 atom stereocenters. The molecule has 3 heterocycles. The molecule has 10 nitrogen and oxygen atoms in total. The third-order valence-corrected chi connectivity index (χ3v) is 12.6. The highest BCUT2D eigenvalue weighted by atomic mass is 127. The summed E-state index contributed by atoms with van der Waals surface area (Å²) in [5.74, 6) is -5.65. The van der Waals surface area contributed by atoms with Gasteiger partial charge >= 0.3 is 0 Å². The molecule has 2 aliphatic carbocycles. The number of rotatable bonds is 5. The number of methoxy groups -OCH3 is 1. The summed E-state index contributed by atoms with van der Waals surface area (Å²) >= 11 is 8.11. The minimum absolute atomic E-state index is 0.0585. The number of anilines is 3. The zero-order valence-corrected chi connectivity index (χ0v) is 30.7. The second-order valence-electron chi connectivity index (χ2n) is 13.9. The Balaban J connectivity index is 1.21. The molecule has 4 fully saturated rings. The summed E-state index contributed by atoms with van der Waals surface area (Å²) in [6.07, 6.45) is 2.41. The molecule has 1 N–H and O–H groups in total. The number of aromatic hydroxyl groups is 1. The molecule has 3 aromatic carbocycles. The van der Waals surface area contributed by atoms with Crippen LogP contribution < -0.4 is 19.4 Å². The first kappa shape index (κ1) is 34.1. The van der Waals surface area contributed by atoms with Crippen LogP contribution in [0.5, 0.6) is 11.5 Å². The number of carbonyl (C=O) groups is 4. The molecular formula is C38H34ClFIN3O7. The highest BCUT2D eigenvalue weighted by molar-refractivity contribution is 14.1. The summed E-state index contributed by atoms with van der Waals surface area (Å²) in [6, 6.07) is 14.6. The van der Waals surface area contributed by atoms with E-state index >= 15 is 0 Å². The number of imide groups is 2. The molecule has 3 saturated heterocycles. The molecule has 51 heavy (non-hydrogen) atoms. The third kappa shape index (κ3) is 5.11. The number of phenols is 1. The molecule has 4 amide bonds. The average Bonchev–Trinajstić information content (AvgIpc) is 3.50. The van der Waals surface area contributed by atoms with Gasteiger partial charge in [-0.1, -0.05) is 23.3 Å². The third-order valence-electron chi connectivity index (χ3n) is 11.5. The molecule has 8 rings (SSSR count). The van der Waals surface area contributed by atoms with Crippen LogP contribution in [0, 0.1) is 38.5 Å². The fraction of sp³-hybridized carbons (Fsp3) is 0.368. The predicted molar refractivity (Wildman–Crippen MR) is 195 cm³/mol. The van der Waals surface area contributed by atoms with Gasteiger partial charge in [0.05, 0.1) is 63.5 Å². The topological polar surface area (TPSA) is 117 Å². The van der Waals surface area contributed by atoms with E-state index in [1.54, 1.807) is 31.2 Å². The Kier molecular flexibility index (Phi) is 8.42. The predicted octanol–water partition coefficient (Wildman–Crippen LogP) is 6.07. The number of phenolic OH excluding ortho intramolecular Hbond substituents is 1. The van der Waals surface area contributed by atoms with E-state index in [0.717, 1.165) is 35.3 Å². The number of morpholine rings is 1. The van der Waals surface area contributed by atoms with Gasteiger partial charge in [0.1, 0.15) is 5.82 Å². The van der Waals surface area contributed by atoms with Gasteiger partial charge in [0.2, 0.25) is 23.6 Å². The van der Waals surface area contributed by atoms with E-state index in [4.69, 9.17) is 21.1 Å². The number of hydrogen-bond acceptors (Lipinski definition) is 8. The highest BCUT2D eigenvalue weighted by Crippen LogP contribution is 2.64. The zero-order chi connectivity index (χ0) is 35.9. The minimum atomic E-state index is -1.33. The standard InChI is InChI=1S/C38H34ClFIN3O7/c1-38-26(35(47)44(37(38)49)22-7-10-28(40)27(39)17-22)18-25-23(32(38)19-15-29(41)33(45)30(16-19)50-2)8-9-24-31(25)36(48)43(34(24)46)21-5-3-20(4-6-21)42-11-13-51-14-12-42/h3-8,10,15-17,24-26,31-32,45H,9,11-14,18H2,1-2H3/t24-,25+,26-,31-,32-,38+/m0/s1. The fourth-order valence-electron chi connectivity index (χ4n) is 9.07. The van der Waals surface area contributed by atoms with Crippen molar-refractivity contribution < 1.29 is 38.1 Å². The van der Waals surface area contributed by atoms with Crippen molar-refractivity contribution in [1.29, 1.82) is 0 Å². The second-order valence-corrected chi connectivity index (χ2v) is 15.5. The molecule has 264 valence electrons. The molecule has 0 unspecified atom stereocenters. The van der Waals surface area contributed by atoms with Crippen molar-refractivity contribution in [3.63, 3.8) is 0 Å². The first-order valence-corrected chi connectivity index (χ1v) is 18.3. The first-order valence-electron chi connectivity index (χ1n) is 16.9. The Morgan fingerprint density at radius 3 is 2.29 bits per heavy atom. The number of hydrogen-bond donors (Lipinski definition) is 1. The Labute approximate surface area is 312 Å². The van der Waals surface area contributed by atoms with Crippen LogP contribution in [0.1, 0.15) is 31.2 Å². The van der Waals surface area contributed by atoms with Crippen molar-refractivity contribution in [2.45, 2.75) is 25.7 Å². The maximum absolute atomic E-state index is 14.7. The number of carbonyl (C=O) groups excluding carboxylic acids is 4. The number of allylic oxidation sites excluding steroid dienone is 2. The summed E-state index contributed by atoms with van der Waals surface area (Å²) < 4.78 is 25.7. The summed E-state index contributed by atoms with van der Waals surface area (Å²) in [5.41, 5.74) is 1.70. The molecular weight excluding hydrogens is 792 g/mol. The van der Waals surface area contributed by atoms with E-state index in [0.29, 0.717) is 28.0 Å². The largest absolute Gasteiger partial charge is 0.504 e. The quantitative estimate of drug-likeness (QED) is 0.188. The van der Waals surface area contributed by atoms with Gasteiger partial charge in [0, 0.05) is 24.7 Å². The lowest BCUT2D eigenvalue weighted by molar-refractivity contribution is -0.131. The van der Waals surface area contributed by atoms with Crippen molar-refractivity contribution >= 4 is 74.9 Å². The number of fused-ring (bicyclic) bond motifs is 4. The van der Waals surface area contributed by atoms with Gasteiger partial charge in [-0.3, -0.25) is 24.1 Å². The first-order chi connectivity index (χ1) is 24.4. The second kappa shape index (κ2) is 12.6. The Hall–Kier alpha value is -4.01. The summed E-state index contributed by atoms with van der Waals surface area (Å²) in [6.45, 7) is 4.52. The van der Waals surface area contributed by atoms with Crippen LogP contribution >= 0.6 is 34.2 Å². The van der Waals surface area contributed by atoms with Crippen molar-refractivity contribution in [1.82, 2.24) is 0 Å². The molecule has 5 aliphatic rings. The van der Waals surface area contributed by atoms with Gasteiger partial charge in [-0.2, -0.15) is 0 Å². The van der Waals surface area contributed by atoms with Gasteiger partial charge < -0.3 is 19.5 Å². The van der Waals surface area contributed by atoms with Gasteiger partial charge in [-0.25, -0.2) is 9.29 Å². The molecule has 0 aromatic heterocycles. The van der Waals surface area contributed by atoms with E-state index in [1.165, 1.54) is 24.1 Å². The van der Waals surface area contributed by atoms with Gasteiger partial charge in [-0.05, 0) is 108 Å². The van der Waals surface area contributed by atoms with Crippen LogP contribution in [-0.2, 0) is 23.9 Å². The SMILES string of the molecule is COc1cc([C@H]2C3=CC[C@@H]4C(=O)N(c5ccc(N6CCOCC6)cc5)C(=O)[C@@H]4[C@@H]3C[C@H]3C(=O)N(c4ccc(F)c(Cl)c4)C(=O)[C@@]23C)cc(I)c1O. The van der Waals surface area contributed by atoms with Crippen LogP contribution in [0.15, 0.2) is 66.2 Å². The van der Waals surface area contributed by atoms with Gasteiger partial charge in [0.15, 0.2) is 11.5 Å². The molecule has 1 saturated carbocycles. The van der Waals surface area contributed by atoms with E-state index in [9.17, 15) is 28.7 Å². The van der Waals surface area contributed by atoms with Crippen molar-refractivity contribution in [3.8, 4) is 11.5 Å². The van der Waals surface area contributed by atoms with E-state index in [-0.39, 0.29) is 46.9 Å². The number of halogens is 3. The average molecular weight is 826 g/mol. The molecule has 0 bridgehead atoms. The van der Waals surface area contributed by atoms with Gasteiger partial charge in [-0.15, -0.1) is 0 Å². The van der Waals surface area contributed by atoms with E-state index in [2.05, 4.69) is 4.90 Å². The maximum Gasteiger partial charge on any atom is 0.241 e. The molecule has 0 radical (unpaired) electrons. The van der Waals surface area contributed by atoms with Crippen molar-refractivity contribution in [3.05, 3.63) is 86.2 Å². The van der Waals surface area contributed by atoms with E-state index < -0.39 is 52.6 Å². The lowest BCUT2D eigenvalue weighted by Gasteiger charge is -2.49. The Morgan fingerprint density at radius 1 is 0.922 bits per heavy atom. The molecule has 0 spiro atoms. The summed E-state index contributed by atoms with van der Waals surface area (Å²) in [7, 11) is 1.43. The monoisotopic (exact) mass is 825 g/mol. The lowest BCUT2D eigenvalue weighted by Crippen LogP contribution is -2.49. The Morgan fingerprint density at radius 2 is 1.61 bits per heavy atom. The van der Waals surface area contributed by atoms with Crippen molar-refractivity contribution in [2.75, 3.05) is 48.1 Å². The van der Waals surface area contributed by atoms with Crippen LogP contribution in [0.25, 0.3) is 0 Å². The smallest absolute Gasteiger partial charge is 0.241 e. The molecule has 3 aromatic rings. The number of benzene rings is 3. The number of nitrogens with zero attached hydrogens (tertiary/aromatic N) is 3. The van der Waals surface area contributed by atoms with Crippen molar-refractivity contribution in [2.24, 2.45) is 29.1 Å². The minimum Gasteiger partial charge on any atom is -0.504 e. The zero-order valence-electron chi connectivity index (χ0n) is 27.8. The van der Waals surface area contributed by atoms with Crippen LogP contribution in [0.2, 0.25) is 5.02 Å². The molecule has 13 heteroatoms. The van der Waals surface area contributed by atoms with Crippen LogP contribution in [-0.4, -0.2) is 62.1 Å². The lowest BCUT2D eigenvalue weighted by atomic mass is 9.51. The van der Waals surface area contributed by atoms with E-state index in [1.807, 2.05) is 40.8 Å². The summed E-state index contributed by atoms with van der Waals surface area (Å²) in [4.78, 5) is 62.2. The number of ether oxygens (including phenoxy) is 2. The van der Waals surface area contributed by atoms with Crippen LogP contribution in [0.4, 0.5) is 21.5 Å². The Bertz CT molecular complexity index is 2040. The van der Waals surface area contributed by atoms with Crippen LogP contribution in [0.3, 0.4) is 0 Å².